The van der Waals surface area contributed by atoms with Crippen LogP contribution in [-0.2, 0) is 19.5 Å². The molecule has 0 radical (unpaired) electrons. The molecule has 3 aromatic rings. The number of rotatable bonds is 5. The lowest BCUT2D eigenvalue weighted by atomic mass is 10.0. The van der Waals surface area contributed by atoms with Crippen molar-refractivity contribution in [1.82, 2.24) is 15.1 Å². The topological polar surface area (TPSA) is 41.1 Å². The maximum absolute atomic E-state index is 5.83. The van der Waals surface area contributed by atoms with Gasteiger partial charge in [0.15, 0.2) is 0 Å². The Labute approximate surface area is 168 Å². The Morgan fingerprint density at radius 3 is 2.74 bits per heavy atom. The zero-order valence-corrected chi connectivity index (χ0v) is 17.3. The Balaban J connectivity index is 1.57. The van der Waals surface area contributed by atoms with E-state index in [-0.39, 0.29) is 6.10 Å². The fourth-order valence-electron chi connectivity index (χ4n) is 3.56. The molecule has 4 nitrogen and oxygen atoms in total. The first kappa shape index (κ1) is 18.3. The van der Waals surface area contributed by atoms with E-state index < -0.39 is 0 Å². The zero-order chi connectivity index (χ0) is 18.8. The number of aromatic nitrogens is 2. The summed E-state index contributed by atoms with van der Waals surface area (Å²) in [5, 5.41) is 7.88. The smallest absolute Gasteiger partial charge is 0.133 e. The van der Waals surface area contributed by atoms with Crippen LogP contribution in [0.3, 0.4) is 0 Å². The molecule has 0 amide bonds. The number of nitrogens with one attached hydrogen (secondary N) is 1. The number of H-pyrrole nitrogens is 1. The predicted octanol–water partition coefficient (Wildman–Crippen LogP) is 5.18. The van der Waals surface area contributed by atoms with E-state index in [4.69, 9.17) is 4.74 Å². The van der Waals surface area contributed by atoms with Crippen LogP contribution in [0, 0.1) is 0 Å². The first-order chi connectivity index (χ1) is 13.1. The molecule has 1 aliphatic heterocycles. The zero-order valence-electron chi connectivity index (χ0n) is 15.7. The van der Waals surface area contributed by atoms with Gasteiger partial charge in [0.2, 0.25) is 0 Å². The molecule has 2 aromatic carbocycles. The molecule has 0 saturated heterocycles. The quantitative estimate of drug-likeness (QED) is 0.611. The Hall–Kier alpha value is -2.11. The van der Waals surface area contributed by atoms with Crippen molar-refractivity contribution >= 4 is 15.9 Å². The van der Waals surface area contributed by atoms with Crippen LogP contribution in [0.1, 0.15) is 30.7 Å². The highest BCUT2D eigenvalue weighted by Crippen LogP contribution is 2.34. The predicted molar refractivity (Wildman–Crippen MR) is 112 cm³/mol. The Morgan fingerprint density at radius 2 is 2.00 bits per heavy atom. The summed E-state index contributed by atoms with van der Waals surface area (Å²) in [7, 11) is 0. The molecule has 0 saturated carbocycles. The summed E-state index contributed by atoms with van der Waals surface area (Å²) in [5.41, 5.74) is 6.06. The van der Waals surface area contributed by atoms with Crippen molar-refractivity contribution in [3.63, 3.8) is 0 Å². The Kier molecular flexibility index (Phi) is 5.32. The van der Waals surface area contributed by atoms with Crippen LogP contribution in [0.25, 0.3) is 11.3 Å². The molecule has 27 heavy (non-hydrogen) atoms. The molecule has 140 valence electrons. The van der Waals surface area contributed by atoms with Crippen LogP contribution in [0.4, 0.5) is 0 Å². The van der Waals surface area contributed by atoms with E-state index in [2.05, 4.69) is 73.5 Å². The number of nitrogens with zero attached hydrogens (tertiary/aromatic N) is 2. The van der Waals surface area contributed by atoms with Gasteiger partial charge in [0.1, 0.15) is 5.75 Å². The third-order valence-corrected chi connectivity index (χ3v) is 5.45. The highest BCUT2D eigenvalue weighted by Gasteiger charge is 2.23. The molecule has 0 bridgehead atoms. The van der Waals surface area contributed by atoms with Crippen LogP contribution in [0.5, 0.6) is 5.75 Å². The van der Waals surface area contributed by atoms with Crippen LogP contribution in [-0.4, -0.2) is 27.7 Å². The number of aromatic amines is 1. The molecule has 4 rings (SSSR count). The third kappa shape index (κ3) is 4.09. The van der Waals surface area contributed by atoms with Crippen molar-refractivity contribution in [3.05, 3.63) is 69.8 Å². The van der Waals surface area contributed by atoms with E-state index in [0.29, 0.717) is 0 Å². The van der Waals surface area contributed by atoms with E-state index in [1.54, 1.807) is 0 Å². The fraction of sp³-hybridized carbons (Fsp3) is 0.318. The molecule has 0 spiro atoms. The second-order valence-corrected chi connectivity index (χ2v) is 8.14. The number of benzene rings is 2. The molecule has 1 aromatic heterocycles. The maximum atomic E-state index is 5.83. The number of halogens is 1. The minimum absolute atomic E-state index is 0.150. The molecule has 0 aliphatic carbocycles. The standard InChI is InChI=1S/C22H24BrN3O/c1-15(2)27-21-9-8-17(12-19(21)23)22-18-14-26(11-10-20(18)24-25-22)13-16-6-4-3-5-7-16/h3-9,12,15H,10-11,13-14H2,1-2H3,(H,24,25). The molecule has 1 aliphatic rings. The van der Waals surface area contributed by atoms with Gasteiger partial charge < -0.3 is 4.74 Å². The van der Waals surface area contributed by atoms with Crippen LogP contribution in [0.15, 0.2) is 53.0 Å². The SMILES string of the molecule is CC(C)Oc1ccc(-c2n[nH]c3c2CN(Cc2ccccc2)CC3)cc1Br. The minimum Gasteiger partial charge on any atom is -0.490 e. The molecule has 5 heteroatoms. The van der Waals surface area contributed by atoms with Crippen LogP contribution < -0.4 is 4.74 Å². The van der Waals surface area contributed by atoms with Gasteiger partial charge in [-0.1, -0.05) is 30.3 Å². The van der Waals surface area contributed by atoms with Crippen molar-refractivity contribution in [2.45, 2.75) is 39.5 Å². The average molecular weight is 426 g/mol. The maximum Gasteiger partial charge on any atom is 0.133 e. The highest BCUT2D eigenvalue weighted by atomic mass is 79.9. The van der Waals surface area contributed by atoms with Gasteiger partial charge in [0.05, 0.1) is 16.3 Å². The highest BCUT2D eigenvalue weighted by molar-refractivity contribution is 9.10. The Morgan fingerprint density at radius 1 is 1.19 bits per heavy atom. The van der Waals surface area contributed by atoms with E-state index in [1.165, 1.54) is 16.8 Å². The summed E-state index contributed by atoms with van der Waals surface area (Å²) < 4.78 is 6.79. The molecular weight excluding hydrogens is 402 g/mol. The van der Waals surface area contributed by atoms with Crippen LogP contribution in [0.2, 0.25) is 0 Å². The fourth-order valence-corrected chi connectivity index (χ4v) is 4.04. The lowest BCUT2D eigenvalue weighted by Crippen LogP contribution is -2.29. The third-order valence-electron chi connectivity index (χ3n) is 4.83. The van der Waals surface area contributed by atoms with Crippen molar-refractivity contribution in [2.24, 2.45) is 0 Å². The largest absolute Gasteiger partial charge is 0.490 e. The Bertz CT molecular complexity index is 921. The average Bonchev–Trinajstić information content (AvgIpc) is 3.07. The summed E-state index contributed by atoms with van der Waals surface area (Å²) in [6, 6.07) is 16.9. The van der Waals surface area contributed by atoms with E-state index >= 15 is 0 Å². The number of ether oxygens (including phenoxy) is 1. The van der Waals surface area contributed by atoms with Gasteiger partial charge in [-0.25, -0.2) is 0 Å². The number of hydrogen-bond acceptors (Lipinski definition) is 3. The van der Waals surface area contributed by atoms with Crippen molar-refractivity contribution in [2.75, 3.05) is 6.54 Å². The second kappa shape index (κ2) is 7.87. The van der Waals surface area contributed by atoms with Gasteiger partial charge in [-0.15, -0.1) is 0 Å². The molecule has 1 N–H and O–H groups in total. The van der Waals surface area contributed by atoms with Crippen molar-refractivity contribution in [3.8, 4) is 17.0 Å². The van der Waals surface area contributed by atoms with E-state index in [1.807, 2.05) is 19.9 Å². The monoisotopic (exact) mass is 425 g/mol. The summed E-state index contributed by atoms with van der Waals surface area (Å²) in [5.74, 6) is 0.865. The molecule has 0 atom stereocenters. The van der Waals surface area contributed by atoms with Gasteiger partial charge >= 0.3 is 0 Å². The second-order valence-electron chi connectivity index (χ2n) is 7.29. The van der Waals surface area contributed by atoms with Gasteiger partial charge in [-0.05, 0) is 53.5 Å². The van der Waals surface area contributed by atoms with E-state index in [0.717, 1.165) is 47.5 Å². The van der Waals surface area contributed by atoms with Gasteiger partial charge in [0.25, 0.3) is 0 Å². The van der Waals surface area contributed by atoms with Gasteiger partial charge in [0, 0.05) is 42.9 Å². The molecule has 0 unspecified atom stereocenters. The van der Waals surface area contributed by atoms with Gasteiger partial charge in [-0.3, -0.25) is 10.00 Å². The summed E-state index contributed by atoms with van der Waals surface area (Å²) in [6.45, 7) is 7.00. The number of fused-ring (bicyclic) bond motifs is 1. The normalized spacial score (nSPS) is 14.4. The summed E-state index contributed by atoms with van der Waals surface area (Å²) in [4.78, 5) is 2.49. The molecular formula is C22H24BrN3O. The lowest BCUT2D eigenvalue weighted by molar-refractivity contribution is 0.241. The van der Waals surface area contributed by atoms with Crippen molar-refractivity contribution in [1.29, 1.82) is 0 Å². The van der Waals surface area contributed by atoms with Crippen LogP contribution >= 0.6 is 15.9 Å². The summed E-state index contributed by atoms with van der Waals surface area (Å²) >= 11 is 3.64. The summed E-state index contributed by atoms with van der Waals surface area (Å²) in [6.07, 6.45) is 1.15. The van der Waals surface area contributed by atoms with Gasteiger partial charge in [-0.2, -0.15) is 5.10 Å². The van der Waals surface area contributed by atoms with Crippen molar-refractivity contribution < 1.29 is 4.74 Å². The first-order valence-electron chi connectivity index (χ1n) is 9.39. The molecule has 2 heterocycles. The lowest BCUT2D eigenvalue weighted by Gasteiger charge is -2.27. The van der Waals surface area contributed by atoms with E-state index in [9.17, 15) is 0 Å². The minimum atomic E-state index is 0.150. The number of hydrogen-bond donors (Lipinski definition) is 1. The first-order valence-corrected chi connectivity index (χ1v) is 10.2. The molecule has 0 fully saturated rings.